The molecule has 13 heteroatoms. The second kappa shape index (κ2) is 5.99. The summed E-state index contributed by atoms with van der Waals surface area (Å²) in [6, 6.07) is 3.53. The summed E-state index contributed by atoms with van der Waals surface area (Å²) >= 11 is 0. The largest absolute Gasteiger partial charge is 0.401 e. The predicted octanol–water partition coefficient (Wildman–Crippen LogP) is 2.60. The van der Waals surface area contributed by atoms with Crippen LogP contribution in [0.4, 0.5) is 0 Å². The molecule has 0 aromatic heterocycles. The summed E-state index contributed by atoms with van der Waals surface area (Å²) in [6.07, 6.45) is 0. The maximum Gasteiger partial charge on any atom is 0.401 e. The third-order valence-corrected chi connectivity index (χ3v) is 3.20. The van der Waals surface area contributed by atoms with E-state index in [4.69, 9.17) is 21.7 Å². The lowest BCUT2D eigenvalue weighted by Crippen LogP contribution is -2.23. The van der Waals surface area contributed by atoms with Gasteiger partial charge in [-0.15, -0.1) is 0 Å². The average Bonchev–Trinajstić information content (AvgIpc) is 2.47. The van der Waals surface area contributed by atoms with Crippen LogP contribution in [0.2, 0.25) is 0 Å². The van der Waals surface area contributed by atoms with Gasteiger partial charge in [-0.05, 0) is 17.1 Å². The minimum atomic E-state index is -4.49. The Morgan fingerprint density at radius 1 is 1.04 bits per heavy atom. The number of rotatable bonds is 4. The zero-order chi connectivity index (χ0) is 17.2. The molecule has 0 saturated carbocycles. The summed E-state index contributed by atoms with van der Waals surface area (Å²) in [4.78, 5) is 28.8. The van der Waals surface area contributed by atoms with E-state index in [0.29, 0.717) is 0 Å². The third-order valence-electron chi connectivity index (χ3n) is 2.63. The van der Waals surface area contributed by atoms with E-state index < -0.39 is 38.0 Å². The lowest BCUT2D eigenvalue weighted by Gasteiger charge is -2.18. The molecule has 23 heavy (non-hydrogen) atoms. The van der Waals surface area contributed by atoms with Crippen molar-refractivity contribution in [1.29, 1.82) is 0 Å². The second-order valence-corrected chi connectivity index (χ2v) is 5.98. The van der Waals surface area contributed by atoms with E-state index in [-0.39, 0.29) is 11.1 Å². The van der Waals surface area contributed by atoms with E-state index in [1.165, 1.54) is 12.1 Å². The van der Waals surface area contributed by atoms with Crippen LogP contribution in [0.15, 0.2) is 34.1 Å². The molecule has 1 aliphatic rings. The van der Waals surface area contributed by atoms with Gasteiger partial charge in [-0.2, -0.15) is 8.42 Å². The number of benzene rings is 1. The Morgan fingerprint density at radius 2 is 1.65 bits per heavy atom. The molecule has 116 valence electrons. The van der Waals surface area contributed by atoms with Gasteiger partial charge in [0.25, 0.3) is 0 Å². The molecule has 0 amide bonds. The van der Waals surface area contributed by atoms with Crippen molar-refractivity contribution in [3.05, 3.63) is 55.9 Å². The van der Waals surface area contributed by atoms with Crippen LogP contribution in [0.3, 0.4) is 0 Å². The molecule has 0 N–H and O–H groups in total. The normalized spacial score (nSPS) is 13.8. The first-order valence-electron chi connectivity index (χ1n) is 5.51. The van der Waals surface area contributed by atoms with Crippen LogP contribution in [-0.4, -0.2) is 20.0 Å². The zero-order valence-corrected chi connectivity index (χ0v) is 12.3. The molecule has 0 fully saturated rings. The van der Waals surface area contributed by atoms with Crippen LogP contribution in [0.1, 0.15) is 15.9 Å². The molecule has 0 heterocycles. The lowest BCUT2D eigenvalue weighted by atomic mass is 9.90. The van der Waals surface area contributed by atoms with Gasteiger partial charge in [-0.3, -0.25) is 9.59 Å². The standard InChI is InChI=1S/C10H3ClN6O5S/c11-23(20,21)22-5-3-1-2-4-6(5)7(14-16-12)8(15-17-13)10(19)9(4)18/h1-3H. The molecule has 1 aromatic carbocycles. The highest BCUT2D eigenvalue weighted by Crippen LogP contribution is 2.38. The van der Waals surface area contributed by atoms with Gasteiger partial charge in [0.2, 0.25) is 11.6 Å². The number of fused-ring (bicyclic) bond motifs is 1. The number of azide groups is 2. The number of carbonyl (C=O) groups excluding carboxylic acids is 2. The number of nitrogens with zero attached hydrogens (tertiary/aromatic N) is 6. The summed E-state index contributed by atoms with van der Waals surface area (Å²) < 4.78 is 26.7. The van der Waals surface area contributed by atoms with E-state index in [1.807, 2.05) is 0 Å². The summed E-state index contributed by atoms with van der Waals surface area (Å²) in [5.74, 6) is -2.76. The van der Waals surface area contributed by atoms with Crippen LogP contribution >= 0.6 is 10.7 Å². The smallest absolute Gasteiger partial charge is 0.370 e. The van der Waals surface area contributed by atoms with E-state index in [2.05, 4.69) is 24.2 Å². The Bertz CT molecular complexity index is 971. The molecule has 0 unspecified atom stereocenters. The van der Waals surface area contributed by atoms with Gasteiger partial charge >= 0.3 is 9.33 Å². The highest BCUT2D eigenvalue weighted by molar-refractivity contribution is 8.10. The van der Waals surface area contributed by atoms with Crippen LogP contribution in [0.5, 0.6) is 5.75 Å². The Balaban J connectivity index is 2.92. The maximum atomic E-state index is 12.0. The molecule has 0 bridgehead atoms. The van der Waals surface area contributed by atoms with Gasteiger partial charge < -0.3 is 4.18 Å². The Kier molecular flexibility index (Phi) is 4.25. The maximum absolute atomic E-state index is 12.0. The number of halogens is 1. The lowest BCUT2D eigenvalue weighted by molar-refractivity contribution is -0.111. The molecule has 11 nitrogen and oxygen atoms in total. The van der Waals surface area contributed by atoms with Crippen molar-refractivity contribution in [3.8, 4) is 5.75 Å². The molecular weight excluding hydrogens is 352 g/mol. The predicted molar refractivity (Wildman–Crippen MR) is 76.4 cm³/mol. The Labute approximate surface area is 132 Å². The summed E-state index contributed by atoms with van der Waals surface area (Å²) in [7, 11) is 0.500. The molecule has 0 atom stereocenters. The van der Waals surface area contributed by atoms with Crippen molar-refractivity contribution < 1.29 is 22.2 Å². The molecule has 1 aromatic rings. The minimum absolute atomic E-state index is 0.285. The van der Waals surface area contributed by atoms with Crippen LogP contribution in [-0.2, 0) is 14.1 Å². The van der Waals surface area contributed by atoms with Gasteiger partial charge in [0, 0.05) is 21.0 Å². The first-order valence-corrected chi connectivity index (χ1v) is 7.74. The van der Waals surface area contributed by atoms with Crippen LogP contribution < -0.4 is 4.18 Å². The van der Waals surface area contributed by atoms with Crippen molar-refractivity contribution in [2.75, 3.05) is 0 Å². The zero-order valence-electron chi connectivity index (χ0n) is 10.7. The summed E-state index contributed by atoms with van der Waals surface area (Å²) in [5, 5.41) is 6.24. The quantitative estimate of drug-likeness (QED) is 0.265. The Hall–Kier alpha value is -3.04. The van der Waals surface area contributed by atoms with E-state index in [9.17, 15) is 18.0 Å². The van der Waals surface area contributed by atoms with Gasteiger partial charge in [0.15, 0.2) is 5.75 Å². The fraction of sp³-hybridized carbons (Fsp3) is 0. The van der Waals surface area contributed by atoms with Crippen LogP contribution in [0, 0.1) is 0 Å². The van der Waals surface area contributed by atoms with Gasteiger partial charge in [0.1, 0.15) is 0 Å². The third kappa shape index (κ3) is 3.10. The highest BCUT2D eigenvalue weighted by atomic mass is 35.7. The van der Waals surface area contributed by atoms with E-state index in [0.717, 1.165) is 6.07 Å². The highest BCUT2D eigenvalue weighted by Gasteiger charge is 2.34. The molecule has 0 saturated heterocycles. The fourth-order valence-corrected chi connectivity index (χ4v) is 2.43. The van der Waals surface area contributed by atoms with E-state index in [1.54, 1.807) is 0 Å². The molecule has 0 aliphatic heterocycles. The minimum Gasteiger partial charge on any atom is -0.370 e. The molecular formula is C10H3ClN6O5S. The van der Waals surface area contributed by atoms with Crippen molar-refractivity contribution in [2.24, 2.45) is 10.2 Å². The monoisotopic (exact) mass is 354 g/mol. The topological polar surface area (TPSA) is 175 Å². The van der Waals surface area contributed by atoms with Gasteiger partial charge in [-0.25, -0.2) is 0 Å². The molecule has 0 radical (unpaired) electrons. The van der Waals surface area contributed by atoms with Gasteiger partial charge in [-0.1, -0.05) is 22.4 Å². The average molecular weight is 355 g/mol. The molecule has 0 spiro atoms. The SMILES string of the molecule is [N-]=[N+]=NC1=C(N=[N+]=[N-])c2c(OS(=O)(=O)Cl)cccc2C(=O)C1=O. The first kappa shape index (κ1) is 16.3. The number of Topliss-reactive ketones (excluding diaryl/α,β-unsaturated/α-hetero) is 2. The molecule has 1 aliphatic carbocycles. The summed E-state index contributed by atoms with van der Waals surface area (Å²) in [6.45, 7) is 0. The van der Waals surface area contributed by atoms with Crippen molar-refractivity contribution in [2.45, 2.75) is 0 Å². The number of allylic oxidation sites excluding steroid dienone is 1. The number of hydrogen-bond donors (Lipinski definition) is 0. The van der Waals surface area contributed by atoms with Crippen molar-refractivity contribution >= 4 is 37.3 Å². The molecule has 2 rings (SSSR count). The second-order valence-electron chi connectivity index (χ2n) is 3.89. The van der Waals surface area contributed by atoms with Gasteiger partial charge in [0.05, 0.1) is 22.1 Å². The number of hydrogen-bond acceptors (Lipinski definition) is 7. The fourth-order valence-electron chi connectivity index (χ4n) is 1.88. The van der Waals surface area contributed by atoms with Crippen LogP contribution in [0.25, 0.3) is 26.6 Å². The van der Waals surface area contributed by atoms with E-state index >= 15 is 0 Å². The Morgan fingerprint density at radius 3 is 2.22 bits per heavy atom. The number of ketones is 2. The summed E-state index contributed by atoms with van der Waals surface area (Å²) in [5.41, 5.74) is 15.2. The van der Waals surface area contributed by atoms with Crippen molar-refractivity contribution in [1.82, 2.24) is 0 Å². The van der Waals surface area contributed by atoms with Crippen molar-refractivity contribution in [3.63, 3.8) is 0 Å². The first-order chi connectivity index (χ1) is 10.8. The number of carbonyl (C=O) groups is 2.